The molecule has 0 radical (unpaired) electrons. The third-order valence-corrected chi connectivity index (χ3v) is 3.94. The lowest BCUT2D eigenvalue weighted by molar-refractivity contribution is 0.570. The van der Waals surface area contributed by atoms with Crippen LogP contribution in [0, 0.1) is 13.8 Å². The van der Waals surface area contributed by atoms with Crippen LogP contribution in [0.1, 0.15) is 17.1 Å². The zero-order valence-corrected chi connectivity index (χ0v) is 11.3. The molecule has 0 unspecified atom stereocenters. The molecule has 0 bridgehead atoms. The van der Waals surface area contributed by atoms with Crippen LogP contribution in [0.25, 0.3) is 0 Å². The second kappa shape index (κ2) is 4.41. The predicted molar refractivity (Wildman–Crippen MR) is 66.3 cm³/mol. The van der Waals surface area contributed by atoms with Crippen LogP contribution in [0.4, 0.5) is 0 Å². The average Bonchev–Trinajstić information content (AvgIpc) is 2.76. The summed E-state index contributed by atoms with van der Waals surface area (Å²) in [6, 6.07) is 2.04. The molecule has 0 fully saturated rings. The Morgan fingerprint density at radius 1 is 1.38 bits per heavy atom. The SMILES string of the molecule is Cc1nn(CCc2ccnn2C)c(C)c1Br. The van der Waals surface area contributed by atoms with E-state index < -0.39 is 0 Å². The van der Waals surface area contributed by atoms with E-state index in [2.05, 4.69) is 33.1 Å². The minimum absolute atomic E-state index is 0.887. The van der Waals surface area contributed by atoms with Crippen LogP contribution in [0.2, 0.25) is 0 Å². The molecule has 16 heavy (non-hydrogen) atoms. The summed E-state index contributed by atoms with van der Waals surface area (Å²) < 4.78 is 5.05. The molecule has 5 heteroatoms. The van der Waals surface area contributed by atoms with E-state index in [4.69, 9.17) is 0 Å². The van der Waals surface area contributed by atoms with Crippen molar-refractivity contribution in [3.8, 4) is 0 Å². The highest BCUT2D eigenvalue weighted by Crippen LogP contribution is 2.19. The van der Waals surface area contributed by atoms with E-state index in [0.717, 1.165) is 23.1 Å². The molecule has 0 N–H and O–H groups in total. The van der Waals surface area contributed by atoms with Gasteiger partial charge in [0.1, 0.15) is 0 Å². The zero-order valence-electron chi connectivity index (χ0n) is 9.74. The molecule has 0 aliphatic heterocycles. The van der Waals surface area contributed by atoms with Gasteiger partial charge in [0, 0.05) is 37.6 Å². The minimum atomic E-state index is 0.887. The quantitative estimate of drug-likeness (QED) is 0.866. The Morgan fingerprint density at radius 3 is 2.62 bits per heavy atom. The van der Waals surface area contributed by atoms with Gasteiger partial charge in [0.25, 0.3) is 0 Å². The Labute approximate surface area is 103 Å². The van der Waals surface area contributed by atoms with Gasteiger partial charge in [-0.15, -0.1) is 0 Å². The van der Waals surface area contributed by atoms with E-state index in [0.29, 0.717) is 0 Å². The van der Waals surface area contributed by atoms with Crippen LogP contribution in [-0.4, -0.2) is 19.6 Å². The van der Waals surface area contributed by atoms with E-state index in [1.165, 1.54) is 11.4 Å². The molecule has 2 aromatic rings. The summed E-state index contributed by atoms with van der Waals surface area (Å²) in [7, 11) is 1.96. The second-order valence-electron chi connectivity index (χ2n) is 3.90. The number of aryl methyl sites for hydroxylation is 4. The predicted octanol–water partition coefficient (Wildman–Crippen LogP) is 2.24. The van der Waals surface area contributed by atoms with Crippen LogP contribution in [-0.2, 0) is 20.0 Å². The lowest BCUT2D eigenvalue weighted by atomic mass is 10.3. The lowest BCUT2D eigenvalue weighted by Gasteiger charge is -2.04. The monoisotopic (exact) mass is 282 g/mol. The molecule has 2 rings (SSSR count). The van der Waals surface area contributed by atoms with E-state index in [9.17, 15) is 0 Å². The van der Waals surface area contributed by atoms with E-state index in [1.54, 1.807) is 0 Å². The molecular weight excluding hydrogens is 268 g/mol. The van der Waals surface area contributed by atoms with Gasteiger partial charge in [-0.05, 0) is 35.8 Å². The third kappa shape index (κ3) is 2.04. The minimum Gasteiger partial charge on any atom is -0.273 e. The van der Waals surface area contributed by atoms with Crippen molar-refractivity contribution in [2.24, 2.45) is 7.05 Å². The van der Waals surface area contributed by atoms with Gasteiger partial charge in [0.15, 0.2) is 0 Å². The fraction of sp³-hybridized carbons (Fsp3) is 0.455. The number of hydrogen-bond donors (Lipinski definition) is 0. The van der Waals surface area contributed by atoms with Crippen molar-refractivity contribution >= 4 is 15.9 Å². The highest BCUT2D eigenvalue weighted by Gasteiger charge is 2.08. The first-order valence-electron chi connectivity index (χ1n) is 5.26. The molecule has 4 nitrogen and oxygen atoms in total. The molecule has 86 valence electrons. The largest absolute Gasteiger partial charge is 0.273 e. The van der Waals surface area contributed by atoms with Gasteiger partial charge in [-0.2, -0.15) is 10.2 Å². The molecule has 0 spiro atoms. The zero-order chi connectivity index (χ0) is 11.7. The van der Waals surface area contributed by atoms with Gasteiger partial charge in [-0.3, -0.25) is 9.36 Å². The molecule has 0 aliphatic rings. The summed E-state index contributed by atoms with van der Waals surface area (Å²) in [4.78, 5) is 0. The van der Waals surface area contributed by atoms with Crippen molar-refractivity contribution in [3.05, 3.63) is 33.8 Å². The standard InChI is InChI=1S/C11H15BrN4/c1-8-11(12)9(2)16(14-8)7-5-10-4-6-13-15(10)3/h4,6H,5,7H2,1-3H3. The first-order valence-corrected chi connectivity index (χ1v) is 6.05. The number of nitrogens with zero attached hydrogens (tertiary/aromatic N) is 4. The molecule has 2 aromatic heterocycles. The molecule has 0 saturated heterocycles. The average molecular weight is 283 g/mol. The fourth-order valence-corrected chi connectivity index (χ4v) is 2.04. The van der Waals surface area contributed by atoms with Gasteiger partial charge >= 0.3 is 0 Å². The number of aromatic nitrogens is 4. The van der Waals surface area contributed by atoms with Gasteiger partial charge in [-0.1, -0.05) is 0 Å². The summed E-state index contributed by atoms with van der Waals surface area (Å²) in [5.41, 5.74) is 3.45. The molecule has 0 aliphatic carbocycles. The Balaban J connectivity index is 2.11. The molecule has 0 atom stereocenters. The molecule has 0 amide bonds. The van der Waals surface area contributed by atoms with E-state index >= 15 is 0 Å². The van der Waals surface area contributed by atoms with Gasteiger partial charge in [0.2, 0.25) is 0 Å². The van der Waals surface area contributed by atoms with Gasteiger partial charge in [0.05, 0.1) is 10.2 Å². The fourth-order valence-electron chi connectivity index (χ4n) is 1.76. The van der Waals surface area contributed by atoms with Gasteiger partial charge in [-0.25, -0.2) is 0 Å². The summed E-state index contributed by atoms with van der Waals surface area (Å²) in [5, 5.41) is 8.63. The second-order valence-corrected chi connectivity index (χ2v) is 4.70. The Kier molecular flexibility index (Phi) is 3.14. The highest BCUT2D eigenvalue weighted by atomic mass is 79.9. The first-order chi connectivity index (χ1) is 7.59. The molecule has 0 aromatic carbocycles. The topological polar surface area (TPSA) is 35.6 Å². The van der Waals surface area contributed by atoms with Crippen LogP contribution in [0.5, 0.6) is 0 Å². The van der Waals surface area contributed by atoms with Crippen molar-refractivity contribution < 1.29 is 0 Å². The van der Waals surface area contributed by atoms with Crippen molar-refractivity contribution in [1.29, 1.82) is 0 Å². The van der Waals surface area contributed by atoms with Crippen molar-refractivity contribution in [2.45, 2.75) is 26.8 Å². The third-order valence-electron chi connectivity index (χ3n) is 2.80. The lowest BCUT2D eigenvalue weighted by Crippen LogP contribution is -2.08. The Morgan fingerprint density at radius 2 is 2.12 bits per heavy atom. The van der Waals surface area contributed by atoms with Crippen LogP contribution in [0.3, 0.4) is 0 Å². The number of rotatable bonds is 3. The maximum atomic E-state index is 4.48. The Bertz CT molecular complexity index is 498. The van der Waals surface area contributed by atoms with Crippen LogP contribution >= 0.6 is 15.9 Å². The van der Waals surface area contributed by atoms with Crippen molar-refractivity contribution in [3.63, 3.8) is 0 Å². The summed E-state index contributed by atoms with van der Waals surface area (Å²) in [6.07, 6.45) is 2.78. The van der Waals surface area contributed by atoms with E-state index in [1.807, 2.05) is 35.6 Å². The summed E-state index contributed by atoms with van der Waals surface area (Å²) in [6.45, 7) is 4.97. The normalized spacial score (nSPS) is 11.0. The first kappa shape index (κ1) is 11.4. The summed E-state index contributed by atoms with van der Waals surface area (Å²) >= 11 is 3.53. The molecule has 0 saturated carbocycles. The maximum absolute atomic E-state index is 4.48. The van der Waals surface area contributed by atoms with Crippen molar-refractivity contribution in [1.82, 2.24) is 19.6 Å². The van der Waals surface area contributed by atoms with Crippen LogP contribution < -0.4 is 0 Å². The smallest absolute Gasteiger partial charge is 0.0738 e. The maximum Gasteiger partial charge on any atom is 0.0738 e. The number of halogens is 1. The van der Waals surface area contributed by atoms with E-state index in [-0.39, 0.29) is 0 Å². The molecular formula is C11H15BrN4. The Hall–Kier alpha value is -1.10. The van der Waals surface area contributed by atoms with Crippen molar-refractivity contribution in [2.75, 3.05) is 0 Å². The number of hydrogen-bond acceptors (Lipinski definition) is 2. The summed E-state index contributed by atoms with van der Waals surface area (Å²) in [5.74, 6) is 0. The molecule has 2 heterocycles. The van der Waals surface area contributed by atoms with Gasteiger partial charge < -0.3 is 0 Å². The van der Waals surface area contributed by atoms with Crippen LogP contribution in [0.15, 0.2) is 16.7 Å². The highest BCUT2D eigenvalue weighted by molar-refractivity contribution is 9.10.